The molecule has 0 radical (unpaired) electrons. The summed E-state index contributed by atoms with van der Waals surface area (Å²) in [6.07, 6.45) is 3.75. The Hall–Kier alpha value is -4.44. The number of benzene rings is 2. The van der Waals surface area contributed by atoms with Crippen LogP contribution in [0.1, 0.15) is 18.9 Å². The van der Waals surface area contributed by atoms with Crippen LogP contribution in [0.25, 0.3) is 33.3 Å². The average Bonchev–Trinajstić information content (AvgIpc) is 2.86. The quantitative estimate of drug-likeness (QED) is 0.439. The summed E-state index contributed by atoms with van der Waals surface area (Å²) in [7, 11) is 1.64. The number of nitrogens with one attached hydrogen (secondary N) is 1. The van der Waals surface area contributed by atoms with Gasteiger partial charge in [-0.1, -0.05) is 43.3 Å². The van der Waals surface area contributed by atoms with Crippen LogP contribution < -0.4 is 15.8 Å². The van der Waals surface area contributed by atoms with Crippen LogP contribution in [0.4, 0.5) is 5.69 Å². The van der Waals surface area contributed by atoms with Crippen molar-refractivity contribution in [2.45, 2.75) is 19.4 Å². The monoisotopic (exact) mass is 437 g/mol. The van der Waals surface area contributed by atoms with E-state index in [0.717, 1.165) is 22.4 Å². The van der Waals surface area contributed by atoms with Gasteiger partial charge >= 0.3 is 0 Å². The lowest BCUT2D eigenvalue weighted by Crippen LogP contribution is -2.35. The van der Waals surface area contributed by atoms with Crippen LogP contribution in [0.15, 0.2) is 67.0 Å². The van der Waals surface area contributed by atoms with Crippen molar-refractivity contribution in [3.8, 4) is 34.2 Å². The molecule has 0 saturated heterocycles. The molecule has 2 aromatic heterocycles. The highest BCUT2D eigenvalue weighted by molar-refractivity contribution is 5.99. The van der Waals surface area contributed by atoms with E-state index in [4.69, 9.17) is 15.5 Å². The number of hydrogen-bond donors (Lipinski definition) is 2. The van der Waals surface area contributed by atoms with E-state index < -0.39 is 11.9 Å². The van der Waals surface area contributed by atoms with Crippen LogP contribution in [0, 0.1) is 11.3 Å². The zero-order valence-electron chi connectivity index (χ0n) is 18.4. The first-order valence-electron chi connectivity index (χ1n) is 10.5. The highest BCUT2D eigenvalue weighted by Crippen LogP contribution is 2.35. The van der Waals surface area contributed by atoms with E-state index in [-0.39, 0.29) is 0 Å². The normalized spacial score (nSPS) is 11.5. The summed E-state index contributed by atoms with van der Waals surface area (Å²) in [4.78, 5) is 20.8. The highest BCUT2D eigenvalue weighted by atomic mass is 16.5. The van der Waals surface area contributed by atoms with E-state index in [1.165, 1.54) is 0 Å². The largest absolute Gasteiger partial charge is 0.497 e. The molecule has 3 N–H and O–H groups in total. The number of fused-ring (bicyclic) bond motifs is 1. The lowest BCUT2D eigenvalue weighted by Gasteiger charge is -2.19. The van der Waals surface area contributed by atoms with Gasteiger partial charge in [-0.15, -0.1) is 0 Å². The number of carbonyl (C=O) groups is 1. The summed E-state index contributed by atoms with van der Waals surface area (Å²) >= 11 is 0. The Kier molecular flexibility index (Phi) is 6.18. The van der Waals surface area contributed by atoms with Gasteiger partial charge in [-0.3, -0.25) is 9.78 Å². The molecule has 7 heteroatoms. The van der Waals surface area contributed by atoms with Gasteiger partial charge in [-0.2, -0.15) is 5.26 Å². The Morgan fingerprint density at radius 1 is 1.15 bits per heavy atom. The number of carbonyl (C=O) groups excluding carboxylic acids is 1. The van der Waals surface area contributed by atoms with Crippen LogP contribution in [-0.2, 0) is 4.79 Å². The molecular weight excluding hydrogens is 414 g/mol. The van der Waals surface area contributed by atoms with Crippen LogP contribution in [0.2, 0.25) is 0 Å². The zero-order valence-corrected chi connectivity index (χ0v) is 18.4. The molecule has 0 fully saturated rings. The number of amides is 1. The standard InChI is InChI=1S/C26H23N5O2/c1-3-22(26(28)32)30-25-20-11-12-29-15-23(20)31-24(21(25)14-27)17-9-7-16(8-10-17)18-5-4-6-19(13-18)33-2/h4-13,15,22H,3H2,1-2H3,(H2,28,32)(H,30,31)/t22-/m1/s1. The molecule has 1 amide bonds. The van der Waals surface area contributed by atoms with Crippen molar-refractivity contribution in [2.24, 2.45) is 5.73 Å². The first-order chi connectivity index (χ1) is 16.0. The van der Waals surface area contributed by atoms with E-state index in [2.05, 4.69) is 16.4 Å². The summed E-state index contributed by atoms with van der Waals surface area (Å²) in [6, 6.07) is 19.0. The molecule has 2 aromatic carbocycles. The molecule has 1 atom stereocenters. The third kappa shape index (κ3) is 4.32. The van der Waals surface area contributed by atoms with E-state index >= 15 is 0 Å². The average molecular weight is 438 g/mol. The van der Waals surface area contributed by atoms with Crippen molar-refractivity contribution < 1.29 is 9.53 Å². The smallest absolute Gasteiger partial charge is 0.239 e. The number of primary amides is 1. The Bertz CT molecular complexity index is 1360. The Balaban J connectivity index is 1.83. The molecular formula is C26H23N5O2. The Morgan fingerprint density at radius 3 is 2.58 bits per heavy atom. The predicted octanol–water partition coefficient (Wildman–Crippen LogP) is 4.52. The van der Waals surface area contributed by atoms with Gasteiger partial charge < -0.3 is 15.8 Å². The number of methoxy groups -OCH3 is 1. The maximum absolute atomic E-state index is 11.9. The van der Waals surface area contributed by atoms with Crippen molar-refractivity contribution in [3.05, 3.63) is 72.6 Å². The van der Waals surface area contributed by atoms with Crippen LogP contribution >= 0.6 is 0 Å². The molecule has 0 unspecified atom stereocenters. The summed E-state index contributed by atoms with van der Waals surface area (Å²) < 4.78 is 5.32. The molecule has 0 spiro atoms. The molecule has 0 saturated carbocycles. The van der Waals surface area contributed by atoms with Gasteiger partial charge in [0.15, 0.2) is 0 Å². The minimum absolute atomic E-state index is 0.350. The van der Waals surface area contributed by atoms with Crippen molar-refractivity contribution in [2.75, 3.05) is 12.4 Å². The highest BCUT2D eigenvalue weighted by Gasteiger charge is 2.21. The Morgan fingerprint density at radius 2 is 1.91 bits per heavy atom. The summed E-state index contributed by atoms with van der Waals surface area (Å²) in [5, 5.41) is 13.9. The van der Waals surface area contributed by atoms with Gasteiger partial charge in [0.1, 0.15) is 23.4 Å². The molecule has 0 bridgehead atoms. The first-order valence-corrected chi connectivity index (χ1v) is 10.5. The van der Waals surface area contributed by atoms with Crippen molar-refractivity contribution >= 4 is 22.5 Å². The maximum Gasteiger partial charge on any atom is 0.239 e. The number of pyridine rings is 2. The third-order valence-corrected chi connectivity index (χ3v) is 5.53. The number of ether oxygens (including phenoxy) is 1. The number of nitriles is 1. The maximum atomic E-state index is 11.9. The number of nitrogens with zero attached hydrogens (tertiary/aromatic N) is 3. The van der Waals surface area contributed by atoms with Crippen LogP contribution in [-0.4, -0.2) is 29.0 Å². The van der Waals surface area contributed by atoms with Gasteiger partial charge in [-0.25, -0.2) is 4.98 Å². The molecule has 2 heterocycles. The lowest BCUT2D eigenvalue weighted by atomic mass is 9.98. The fourth-order valence-corrected chi connectivity index (χ4v) is 3.76. The van der Waals surface area contributed by atoms with E-state index in [1.807, 2.05) is 55.5 Å². The molecule has 4 aromatic rings. The SMILES string of the molecule is CC[C@@H](Nc1c(C#N)c(-c2ccc(-c3cccc(OC)c3)cc2)nc2cnccc12)C(N)=O. The second-order valence-electron chi connectivity index (χ2n) is 7.53. The topological polar surface area (TPSA) is 114 Å². The molecule has 4 rings (SSSR count). The Labute approximate surface area is 191 Å². The molecule has 33 heavy (non-hydrogen) atoms. The van der Waals surface area contributed by atoms with Crippen molar-refractivity contribution in [3.63, 3.8) is 0 Å². The van der Waals surface area contributed by atoms with E-state index in [0.29, 0.717) is 34.3 Å². The number of aromatic nitrogens is 2. The van der Waals surface area contributed by atoms with Crippen LogP contribution in [0.5, 0.6) is 5.75 Å². The molecule has 0 aliphatic carbocycles. The number of rotatable bonds is 7. The van der Waals surface area contributed by atoms with Crippen LogP contribution in [0.3, 0.4) is 0 Å². The first kappa shape index (κ1) is 21.8. The molecule has 164 valence electrons. The number of anilines is 1. The summed E-state index contributed by atoms with van der Waals surface area (Å²) in [5.74, 6) is 0.298. The van der Waals surface area contributed by atoms with Crippen molar-refractivity contribution in [1.29, 1.82) is 5.26 Å². The van der Waals surface area contributed by atoms with Gasteiger partial charge in [0, 0.05) is 17.1 Å². The van der Waals surface area contributed by atoms with E-state index in [1.54, 1.807) is 25.6 Å². The number of nitrogens with two attached hydrogens (primary N) is 1. The van der Waals surface area contributed by atoms with E-state index in [9.17, 15) is 10.1 Å². The van der Waals surface area contributed by atoms with Gasteiger partial charge in [0.25, 0.3) is 0 Å². The van der Waals surface area contributed by atoms with Gasteiger partial charge in [0.05, 0.1) is 30.2 Å². The van der Waals surface area contributed by atoms with Gasteiger partial charge in [-0.05, 0) is 35.7 Å². The fourth-order valence-electron chi connectivity index (χ4n) is 3.76. The minimum Gasteiger partial charge on any atom is -0.497 e. The molecule has 0 aliphatic rings. The zero-order chi connectivity index (χ0) is 23.4. The minimum atomic E-state index is -0.612. The second kappa shape index (κ2) is 9.37. The fraction of sp³-hybridized carbons (Fsp3) is 0.154. The summed E-state index contributed by atoms with van der Waals surface area (Å²) in [5.41, 5.74) is 10.4. The predicted molar refractivity (Wildman–Crippen MR) is 129 cm³/mol. The third-order valence-electron chi connectivity index (χ3n) is 5.53. The summed E-state index contributed by atoms with van der Waals surface area (Å²) in [6.45, 7) is 1.86. The lowest BCUT2D eigenvalue weighted by molar-refractivity contribution is -0.118. The van der Waals surface area contributed by atoms with Gasteiger partial charge in [0.2, 0.25) is 5.91 Å². The van der Waals surface area contributed by atoms with Crippen molar-refractivity contribution in [1.82, 2.24) is 9.97 Å². The molecule has 7 nitrogen and oxygen atoms in total. The second-order valence-corrected chi connectivity index (χ2v) is 7.53. The molecule has 0 aliphatic heterocycles. The number of hydrogen-bond acceptors (Lipinski definition) is 6.